The second kappa shape index (κ2) is 11.6. The van der Waals surface area contributed by atoms with E-state index in [0.717, 1.165) is 17.8 Å². The molecule has 42 heavy (non-hydrogen) atoms. The summed E-state index contributed by atoms with van der Waals surface area (Å²) < 4.78 is 39.4. The number of ether oxygens (including phenoxy) is 2. The van der Waals surface area contributed by atoms with E-state index in [1.165, 1.54) is 49.6 Å². The van der Waals surface area contributed by atoms with E-state index in [2.05, 4.69) is 15.6 Å². The third-order valence-corrected chi connectivity index (χ3v) is 6.90. The minimum absolute atomic E-state index is 0.137. The first-order valence-corrected chi connectivity index (χ1v) is 12.9. The summed E-state index contributed by atoms with van der Waals surface area (Å²) in [7, 11) is 1.52. The van der Waals surface area contributed by atoms with Crippen LogP contribution in [-0.2, 0) is 9.59 Å². The maximum atomic E-state index is 15.2. The lowest BCUT2D eigenvalue weighted by Crippen LogP contribution is -2.35. The number of hydrogen-bond acceptors (Lipinski definition) is 6. The minimum Gasteiger partial charge on any atom is -0.495 e. The summed E-state index contributed by atoms with van der Waals surface area (Å²) in [5.74, 6) is -1.76. The highest BCUT2D eigenvalue weighted by atomic mass is 19.1. The molecule has 0 unspecified atom stereocenters. The smallest absolute Gasteiger partial charge is 0.240 e. The van der Waals surface area contributed by atoms with Crippen molar-refractivity contribution in [3.63, 3.8) is 0 Å². The van der Waals surface area contributed by atoms with Crippen LogP contribution in [-0.4, -0.2) is 30.1 Å². The van der Waals surface area contributed by atoms with Crippen LogP contribution in [0.2, 0.25) is 0 Å². The molecule has 1 fully saturated rings. The second-order valence-corrected chi connectivity index (χ2v) is 9.67. The molecule has 0 saturated heterocycles. The molecule has 0 atom stereocenters. The first-order chi connectivity index (χ1) is 20.2. The van der Waals surface area contributed by atoms with Gasteiger partial charge in [0.15, 0.2) is 17.3 Å². The van der Waals surface area contributed by atoms with Gasteiger partial charge in [-0.25, -0.2) is 8.78 Å². The van der Waals surface area contributed by atoms with Gasteiger partial charge in [0, 0.05) is 41.5 Å². The van der Waals surface area contributed by atoms with Gasteiger partial charge >= 0.3 is 0 Å². The zero-order valence-corrected chi connectivity index (χ0v) is 22.5. The monoisotopic (exact) mass is 571 g/mol. The van der Waals surface area contributed by atoms with Crippen LogP contribution in [0.15, 0.2) is 79.0 Å². The maximum Gasteiger partial charge on any atom is 0.240 e. The number of benzene rings is 3. The van der Waals surface area contributed by atoms with Gasteiger partial charge in [0.2, 0.25) is 11.8 Å². The topological polar surface area (TPSA) is 142 Å². The molecule has 1 aliphatic rings. The number of rotatable bonds is 10. The number of nitrogen functional groups attached to an aromatic ring is 1. The summed E-state index contributed by atoms with van der Waals surface area (Å²) in [6.45, 7) is 0. The largest absolute Gasteiger partial charge is 0.495 e. The molecule has 4 aromatic rings. The first-order valence-electron chi connectivity index (χ1n) is 12.9. The molecule has 6 N–H and O–H groups in total. The van der Waals surface area contributed by atoms with E-state index < -0.39 is 28.9 Å². The number of halogens is 2. The van der Waals surface area contributed by atoms with Gasteiger partial charge in [-0.2, -0.15) is 0 Å². The van der Waals surface area contributed by atoms with Gasteiger partial charge < -0.3 is 36.2 Å². The van der Waals surface area contributed by atoms with Crippen molar-refractivity contribution in [2.45, 2.75) is 12.8 Å². The molecule has 2 amide bonds. The fourth-order valence-corrected chi connectivity index (χ4v) is 4.46. The number of anilines is 3. The van der Waals surface area contributed by atoms with Crippen molar-refractivity contribution in [1.82, 2.24) is 4.98 Å². The molecule has 1 aliphatic carbocycles. The quantitative estimate of drug-likeness (QED) is 0.0689. The Balaban J connectivity index is 1.30. The van der Waals surface area contributed by atoms with Crippen LogP contribution >= 0.6 is 0 Å². The minimum atomic E-state index is -1.30. The number of allylic oxidation sites excluding steroid dienone is 1. The molecule has 0 spiro atoms. The molecule has 1 heterocycles. The van der Waals surface area contributed by atoms with Gasteiger partial charge in [0.25, 0.3) is 0 Å². The number of aromatic amines is 1. The molecule has 11 heteroatoms. The van der Waals surface area contributed by atoms with Crippen LogP contribution in [0.4, 0.5) is 25.8 Å². The van der Waals surface area contributed by atoms with Crippen LogP contribution < -0.4 is 25.8 Å². The van der Waals surface area contributed by atoms with Gasteiger partial charge in [-0.15, -0.1) is 0 Å². The van der Waals surface area contributed by atoms with Crippen molar-refractivity contribution in [2.75, 3.05) is 23.5 Å². The number of carbonyl (C=O) groups is 2. The molecule has 214 valence electrons. The molecule has 0 aliphatic heterocycles. The average Bonchev–Trinajstić information content (AvgIpc) is 3.65. The van der Waals surface area contributed by atoms with Gasteiger partial charge in [-0.1, -0.05) is 6.07 Å². The lowest BCUT2D eigenvalue weighted by atomic mass is 10.0. The summed E-state index contributed by atoms with van der Waals surface area (Å²) in [4.78, 5) is 28.9. The van der Waals surface area contributed by atoms with E-state index in [1.54, 1.807) is 24.4 Å². The fourth-order valence-electron chi connectivity index (χ4n) is 4.46. The van der Waals surface area contributed by atoms with Gasteiger partial charge in [-0.3, -0.25) is 9.59 Å². The Hall–Kier alpha value is -5.45. The van der Waals surface area contributed by atoms with Crippen molar-refractivity contribution in [3.8, 4) is 22.6 Å². The van der Waals surface area contributed by atoms with E-state index in [9.17, 15) is 14.0 Å². The van der Waals surface area contributed by atoms with Crippen molar-refractivity contribution < 1.29 is 27.8 Å². The number of nitrogens with one attached hydrogen (secondary N) is 4. The average molecular weight is 572 g/mol. The van der Waals surface area contributed by atoms with Crippen LogP contribution in [0, 0.1) is 22.5 Å². The highest BCUT2D eigenvalue weighted by Crippen LogP contribution is 2.47. The molecular formula is C31H27F2N5O4. The summed E-state index contributed by atoms with van der Waals surface area (Å²) >= 11 is 0. The molecule has 0 bridgehead atoms. The van der Waals surface area contributed by atoms with Crippen LogP contribution in [0.1, 0.15) is 18.5 Å². The van der Waals surface area contributed by atoms with E-state index >= 15 is 4.39 Å². The number of nitrogens with two attached hydrogens (primary N) is 1. The lowest BCUT2D eigenvalue weighted by molar-refractivity contribution is -0.131. The molecule has 3 aromatic carbocycles. The molecule has 1 aromatic heterocycles. The third-order valence-electron chi connectivity index (χ3n) is 6.90. The third kappa shape index (κ3) is 5.71. The highest BCUT2D eigenvalue weighted by Gasteiger charge is 2.56. The first kappa shape index (κ1) is 28.1. The highest BCUT2D eigenvalue weighted by molar-refractivity contribution is 6.16. The summed E-state index contributed by atoms with van der Waals surface area (Å²) in [5, 5.41) is 12.8. The predicted molar refractivity (Wildman–Crippen MR) is 156 cm³/mol. The SMILES string of the molecule is COc1ccc(-c2cc[nH]c2/C(=C\C=N)Oc2ccc(NC(=O)C3(C(=O)Nc4ccc(F)cc4)CC3)cc2F)cc1N. The Morgan fingerprint density at radius 1 is 0.952 bits per heavy atom. The van der Waals surface area contributed by atoms with Crippen LogP contribution in [0.25, 0.3) is 16.9 Å². The Morgan fingerprint density at radius 3 is 2.24 bits per heavy atom. The Kier molecular flexibility index (Phi) is 7.74. The van der Waals surface area contributed by atoms with E-state index in [4.69, 9.17) is 20.6 Å². The number of hydrogen-bond donors (Lipinski definition) is 5. The molecular weight excluding hydrogens is 544 g/mol. The van der Waals surface area contributed by atoms with Gasteiger partial charge in [0.1, 0.15) is 17.0 Å². The fraction of sp³-hybridized carbons (Fsp3) is 0.129. The number of H-pyrrole nitrogens is 1. The molecule has 9 nitrogen and oxygen atoms in total. The Labute approximate surface area is 239 Å². The van der Waals surface area contributed by atoms with Gasteiger partial charge in [-0.05, 0) is 73.0 Å². The predicted octanol–water partition coefficient (Wildman–Crippen LogP) is 5.98. The molecule has 5 rings (SSSR count). The molecule has 0 radical (unpaired) electrons. The van der Waals surface area contributed by atoms with E-state index in [-0.39, 0.29) is 17.2 Å². The summed E-state index contributed by atoms with van der Waals surface area (Å²) in [6, 6.07) is 16.2. The zero-order chi connectivity index (χ0) is 29.9. The Morgan fingerprint density at radius 2 is 1.62 bits per heavy atom. The lowest BCUT2D eigenvalue weighted by Gasteiger charge is -2.16. The van der Waals surface area contributed by atoms with Gasteiger partial charge in [0.05, 0.1) is 18.5 Å². The van der Waals surface area contributed by atoms with E-state index in [1.807, 2.05) is 6.07 Å². The molecule has 1 saturated carbocycles. The number of amides is 2. The van der Waals surface area contributed by atoms with Crippen molar-refractivity contribution >= 4 is 40.9 Å². The standard InChI is InChI=1S/C31H27F2N5O4/c1-41-26-8-2-18(16-24(26)35)22-11-15-36-28(22)27(10-14-34)42-25-9-7-21(17-23(25)33)38-30(40)31(12-13-31)29(39)37-20-5-3-19(32)4-6-20/h2-11,14-17,34,36H,12-13,35H2,1H3,(H,37,39)(H,38,40)/b27-10+,34-14?. The summed E-state index contributed by atoms with van der Waals surface area (Å²) in [5.41, 5.74) is 7.65. The Bertz CT molecular complexity index is 1690. The number of carbonyl (C=O) groups excluding carboxylic acids is 2. The van der Waals surface area contributed by atoms with Crippen molar-refractivity contribution in [1.29, 1.82) is 5.41 Å². The number of methoxy groups -OCH3 is 1. The van der Waals surface area contributed by atoms with Crippen molar-refractivity contribution in [3.05, 3.63) is 96.3 Å². The van der Waals surface area contributed by atoms with Crippen LogP contribution in [0.5, 0.6) is 11.5 Å². The van der Waals surface area contributed by atoms with Crippen LogP contribution in [0.3, 0.4) is 0 Å². The van der Waals surface area contributed by atoms with Crippen molar-refractivity contribution in [2.24, 2.45) is 5.41 Å². The number of aromatic nitrogens is 1. The maximum absolute atomic E-state index is 15.2. The normalized spacial score (nSPS) is 13.6. The summed E-state index contributed by atoms with van der Waals surface area (Å²) in [6.07, 6.45) is 4.72. The second-order valence-electron chi connectivity index (χ2n) is 9.67. The van der Waals surface area contributed by atoms with E-state index in [0.29, 0.717) is 41.2 Å². The zero-order valence-electron chi connectivity index (χ0n) is 22.5.